The molecule has 0 bridgehead atoms. The molecule has 0 saturated carbocycles. The molecule has 6 nitrogen and oxygen atoms in total. The Morgan fingerprint density at radius 2 is 2.00 bits per heavy atom. The van der Waals surface area contributed by atoms with Crippen LogP contribution in [0.25, 0.3) is 0 Å². The highest BCUT2D eigenvalue weighted by molar-refractivity contribution is 5.89. The molecule has 0 heterocycles. The van der Waals surface area contributed by atoms with Crippen LogP contribution in [0, 0.1) is 0 Å². The van der Waals surface area contributed by atoms with Gasteiger partial charge in [-0.25, -0.2) is 14.9 Å². The molecule has 0 saturated heterocycles. The number of hydrogen-bond acceptors (Lipinski definition) is 3. The van der Waals surface area contributed by atoms with E-state index in [4.69, 9.17) is 10.5 Å². The molecule has 0 unspecified atom stereocenters. The molecule has 0 aliphatic carbocycles. The minimum atomic E-state index is -0.932. The quantitative estimate of drug-likeness (QED) is 0.666. The zero-order chi connectivity index (χ0) is 12.7. The number of nitrogens with two attached hydrogens (primary N) is 1. The fourth-order valence-corrected chi connectivity index (χ4v) is 1.34. The van der Waals surface area contributed by atoms with Crippen LogP contribution >= 0.6 is 0 Å². The number of alkyl carbamates (subject to hydrolysis) is 1. The molecule has 0 fully saturated rings. The summed E-state index contributed by atoms with van der Waals surface area (Å²) in [6.45, 7) is 0.133. The normalized spacial score (nSPS) is 11.6. The zero-order valence-electron chi connectivity index (χ0n) is 9.39. The van der Waals surface area contributed by atoms with Crippen molar-refractivity contribution in [3.05, 3.63) is 35.9 Å². The lowest BCUT2D eigenvalue weighted by atomic mass is 10.1. The van der Waals surface area contributed by atoms with Crippen LogP contribution in [-0.4, -0.2) is 24.8 Å². The minimum absolute atomic E-state index is 0.0731. The van der Waals surface area contributed by atoms with E-state index < -0.39 is 12.1 Å². The van der Waals surface area contributed by atoms with Crippen LogP contribution in [0.3, 0.4) is 0 Å². The Labute approximate surface area is 98.9 Å². The standard InChI is InChI=1S/C11H15N3O3/c12-9(6-8-4-2-1-3-5-8)7-17-11(16)14-10(13)15/h1-5,9H,6-7,12H2,(H3,13,14,15,16)/p+1/t9-/m1/s1. The summed E-state index contributed by atoms with van der Waals surface area (Å²) in [5.74, 6) is 0. The van der Waals surface area contributed by atoms with Gasteiger partial charge in [-0.1, -0.05) is 30.3 Å². The SMILES string of the molecule is NC(=O)NC(=O)OC[C@H]([NH3+])Cc1ccccc1. The van der Waals surface area contributed by atoms with Gasteiger partial charge in [-0.3, -0.25) is 0 Å². The predicted molar refractivity (Wildman–Crippen MR) is 60.9 cm³/mol. The fourth-order valence-electron chi connectivity index (χ4n) is 1.34. The summed E-state index contributed by atoms with van der Waals surface area (Å²) >= 11 is 0. The first-order valence-electron chi connectivity index (χ1n) is 5.18. The maximum absolute atomic E-state index is 10.9. The van der Waals surface area contributed by atoms with Gasteiger partial charge in [0.25, 0.3) is 0 Å². The van der Waals surface area contributed by atoms with Gasteiger partial charge in [0.1, 0.15) is 12.6 Å². The first kappa shape index (κ1) is 13.0. The van der Waals surface area contributed by atoms with Gasteiger partial charge in [0.2, 0.25) is 0 Å². The van der Waals surface area contributed by atoms with Gasteiger partial charge in [0, 0.05) is 6.42 Å². The molecule has 6 heteroatoms. The fraction of sp³-hybridized carbons (Fsp3) is 0.273. The summed E-state index contributed by atoms with van der Waals surface area (Å²) in [5, 5.41) is 1.81. The average molecular weight is 238 g/mol. The van der Waals surface area contributed by atoms with Crippen molar-refractivity contribution >= 4 is 12.1 Å². The molecular weight excluding hydrogens is 222 g/mol. The van der Waals surface area contributed by atoms with Crippen molar-refractivity contribution in [3.8, 4) is 0 Å². The van der Waals surface area contributed by atoms with Crippen LogP contribution < -0.4 is 16.8 Å². The Balaban J connectivity index is 2.28. The molecule has 0 aromatic heterocycles. The highest BCUT2D eigenvalue weighted by atomic mass is 16.5. The smallest absolute Gasteiger partial charge is 0.415 e. The lowest BCUT2D eigenvalue weighted by Gasteiger charge is -2.09. The lowest BCUT2D eigenvalue weighted by Crippen LogP contribution is -2.64. The number of benzene rings is 1. The Bertz CT molecular complexity index is 381. The Morgan fingerprint density at radius 1 is 1.35 bits per heavy atom. The van der Waals surface area contributed by atoms with Gasteiger partial charge < -0.3 is 16.2 Å². The van der Waals surface area contributed by atoms with Crippen molar-refractivity contribution in [1.82, 2.24) is 5.32 Å². The maximum Gasteiger partial charge on any atom is 0.415 e. The molecule has 0 aliphatic heterocycles. The summed E-state index contributed by atoms with van der Waals surface area (Å²) in [6.07, 6.45) is -0.149. The van der Waals surface area contributed by atoms with E-state index in [9.17, 15) is 9.59 Å². The molecule has 1 rings (SSSR count). The number of carbonyl (C=O) groups excluding carboxylic acids is 2. The number of ether oxygens (including phenoxy) is 1. The molecule has 0 spiro atoms. The third-order valence-electron chi connectivity index (χ3n) is 2.04. The number of rotatable bonds is 4. The summed E-state index contributed by atoms with van der Waals surface area (Å²) in [7, 11) is 0. The van der Waals surface area contributed by atoms with Crippen molar-refractivity contribution in [3.63, 3.8) is 0 Å². The van der Waals surface area contributed by atoms with Gasteiger partial charge in [0.15, 0.2) is 0 Å². The van der Waals surface area contributed by atoms with Crippen molar-refractivity contribution < 1.29 is 20.1 Å². The van der Waals surface area contributed by atoms with E-state index >= 15 is 0 Å². The monoisotopic (exact) mass is 238 g/mol. The van der Waals surface area contributed by atoms with E-state index in [1.807, 2.05) is 35.6 Å². The predicted octanol–water partition coefficient (Wildman–Crippen LogP) is -0.355. The number of quaternary nitrogens is 1. The average Bonchev–Trinajstić information content (AvgIpc) is 2.27. The van der Waals surface area contributed by atoms with Crippen molar-refractivity contribution in [2.75, 3.05) is 6.61 Å². The zero-order valence-corrected chi connectivity index (χ0v) is 9.39. The van der Waals surface area contributed by atoms with Gasteiger partial charge in [-0.15, -0.1) is 0 Å². The molecule has 0 aliphatic rings. The number of imide groups is 1. The second kappa shape index (κ2) is 6.49. The minimum Gasteiger partial charge on any atom is -0.443 e. The summed E-state index contributed by atoms with van der Waals surface area (Å²) in [5.41, 5.74) is 9.74. The van der Waals surface area contributed by atoms with Crippen LogP contribution in [-0.2, 0) is 11.2 Å². The topological polar surface area (TPSA) is 109 Å². The van der Waals surface area contributed by atoms with Crippen molar-refractivity contribution in [2.45, 2.75) is 12.5 Å². The lowest BCUT2D eigenvalue weighted by molar-refractivity contribution is -0.424. The largest absolute Gasteiger partial charge is 0.443 e. The molecule has 1 aromatic carbocycles. The Hall–Kier alpha value is -2.08. The highest BCUT2D eigenvalue weighted by Crippen LogP contribution is 2.01. The second-order valence-corrected chi connectivity index (χ2v) is 3.64. The molecule has 6 N–H and O–H groups in total. The number of urea groups is 1. The van der Waals surface area contributed by atoms with Crippen LogP contribution in [0.2, 0.25) is 0 Å². The van der Waals surface area contributed by atoms with E-state index in [-0.39, 0.29) is 12.6 Å². The van der Waals surface area contributed by atoms with E-state index in [2.05, 4.69) is 5.73 Å². The molecule has 17 heavy (non-hydrogen) atoms. The van der Waals surface area contributed by atoms with E-state index in [1.54, 1.807) is 0 Å². The van der Waals surface area contributed by atoms with Crippen LogP contribution in [0.4, 0.5) is 9.59 Å². The Kier molecular flexibility index (Phi) is 4.96. The molecule has 3 amide bonds. The third kappa shape index (κ3) is 5.53. The number of amides is 3. The molecule has 92 valence electrons. The Morgan fingerprint density at radius 3 is 2.59 bits per heavy atom. The van der Waals surface area contributed by atoms with E-state index in [0.717, 1.165) is 5.56 Å². The van der Waals surface area contributed by atoms with Gasteiger partial charge in [-0.05, 0) is 5.56 Å². The molecule has 1 aromatic rings. The van der Waals surface area contributed by atoms with Gasteiger partial charge in [-0.2, -0.15) is 0 Å². The maximum atomic E-state index is 10.9. The number of carbonyl (C=O) groups is 2. The number of primary amides is 1. The van der Waals surface area contributed by atoms with Crippen LogP contribution in [0.5, 0.6) is 0 Å². The van der Waals surface area contributed by atoms with Gasteiger partial charge in [0.05, 0.1) is 0 Å². The third-order valence-corrected chi connectivity index (χ3v) is 2.04. The van der Waals surface area contributed by atoms with Crippen LogP contribution in [0.15, 0.2) is 30.3 Å². The molecular formula is C11H16N3O3+. The number of nitrogens with one attached hydrogen (secondary N) is 1. The van der Waals surface area contributed by atoms with Crippen molar-refractivity contribution in [2.24, 2.45) is 5.73 Å². The van der Waals surface area contributed by atoms with Crippen LogP contribution in [0.1, 0.15) is 5.56 Å². The van der Waals surface area contributed by atoms with Gasteiger partial charge >= 0.3 is 12.1 Å². The molecule has 0 radical (unpaired) electrons. The van der Waals surface area contributed by atoms with E-state index in [0.29, 0.717) is 6.42 Å². The molecule has 1 atom stereocenters. The summed E-state index contributed by atoms with van der Waals surface area (Å²) in [4.78, 5) is 21.3. The van der Waals surface area contributed by atoms with E-state index in [1.165, 1.54) is 0 Å². The number of hydrogen-bond donors (Lipinski definition) is 3. The summed E-state index contributed by atoms with van der Waals surface area (Å²) < 4.78 is 4.77. The summed E-state index contributed by atoms with van der Waals surface area (Å²) in [6, 6.07) is 8.74. The first-order valence-corrected chi connectivity index (χ1v) is 5.18. The first-order chi connectivity index (χ1) is 8.08. The highest BCUT2D eigenvalue weighted by Gasteiger charge is 2.11. The second-order valence-electron chi connectivity index (χ2n) is 3.64. The van der Waals surface area contributed by atoms with Crippen molar-refractivity contribution in [1.29, 1.82) is 0 Å².